The molecule has 0 atom stereocenters. The van der Waals surface area contributed by atoms with Crippen LogP contribution in [0.5, 0.6) is 0 Å². The Morgan fingerprint density at radius 1 is 1.38 bits per heavy atom. The number of hydrogen-bond donors (Lipinski definition) is 1. The molecule has 0 spiro atoms. The fraction of sp³-hybridized carbons (Fsp3) is 0.333. The molecule has 0 saturated heterocycles. The molecule has 0 saturated carbocycles. The zero-order chi connectivity index (χ0) is 9.42. The van der Waals surface area contributed by atoms with Crippen molar-refractivity contribution in [1.29, 1.82) is 0 Å². The molecular formula is C9H10ClN3. The highest BCUT2D eigenvalue weighted by Crippen LogP contribution is 2.22. The molecule has 0 fully saturated rings. The first kappa shape index (κ1) is 8.51. The predicted octanol–water partition coefficient (Wildman–Crippen LogP) is 2.73. The summed E-state index contributed by atoms with van der Waals surface area (Å²) in [6, 6.07) is 3.73. The number of H-pyrrole nitrogens is 1. The number of nitrogens with zero attached hydrogens (tertiary/aromatic N) is 2. The topological polar surface area (TPSA) is 41.6 Å². The van der Waals surface area contributed by atoms with Gasteiger partial charge in [-0.2, -0.15) is 5.10 Å². The van der Waals surface area contributed by atoms with Crippen molar-refractivity contribution >= 4 is 22.6 Å². The molecule has 0 aliphatic carbocycles. The Balaban J connectivity index is 2.69. The first-order valence-electron chi connectivity index (χ1n) is 4.19. The van der Waals surface area contributed by atoms with Crippen molar-refractivity contribution in [2.45, 2.75) is 19.8 Å². The van der Waals surface area contributed by atoms with E-state index >= 15 is 0 Å². The molecule has 0 bridgehead atoms. The van der Waals surface area contributed by atoms with Gasteiger partial charge in [-0.05, 0) is 18.1 Å². The van der Waals surface area contributed by atoms with E-state index < -0.39 is 0 Å². The number of aromatic amines is 1. The summed E-state index contributed by atoms with van der Waals surface area (Å²) in [5, 5.41) is 8.59. The van der Waals surface area contributed by atoms with Crippen molar-refractivity contribution in [2.75, 3.05) is 0 Å². The molecule has 3 nitrogen and oxygen atoms in total. The average Bonchev–Trinajstić information content (AvgIpc) is 2.46. The first-order valence-corrected chi connectivity index (χ1v) is 4.57. The second-order valence-electron chi connectivity index (χ2n) is 3.30. The Morgan fingerprint density at radius 2 is 2.15 bits per heavy atom. The fourth-order valence-corrected chi connectivity index (χ4v) is 1.48. The minimum absolute atomic E-state index is 0.424. The highest BCUT2D eigenvalue weighted by Gasteiger charge is 2.09. The molecule has 0 aliphatic heterocycles. The standard InChI is InChI=1S/C9H10ClN3/c1-5(2)8-6-3-4-7(10)11-9(6)13-12-8/h3-5H,1-2H3,(H,11,12,13). The first-order chi connectivity index (χ1) is 6.18. The molecule has 13 heavy (non-hydrogen) atoms. The van der Waals surface area contributed by atoms with E-state index in [0.29, 0.717) is 16.7 Å². The van der Waals surface area contributed by atoms with E-state index in [1.807, 2.05) is 6.07 Å². The van der Waals surface area contributed by atoms with Crippen molar-refractivity contribution < 1.29 is 0 Å². The molecule has 0 aromatic carbocycles. The molecule has 0 amide bonds. The average molecular weight is 196 g/mol. The number of halogens is 1. The molecule has 2 rings (SSSR count). The number of nitrogens with one attached hydrogen (secondary N) is 1. The van der Waals surface area contributed by atoms with Gasteiger partial charge in [-0.3, -0.25) is 5.10 Å². The lowest BCUT2D eigenvalue weighted by Crippen LogP contribution is -1.87. The van der Waals surface area contributed by atoms with Gasteiger partial charge >= 0.3 is 0 Å². The summed E-state index contributed by atoms with van der Waals surface area (Å²) >= 11 is 5.74. The van der Waals surface area contributed by atoms with Crippen LogP contribution in [0.4, 0.5) is 0 Å². The van der Waals surface area contributed by atoms with E-state index in [4.69, 9.17) is 11.6 Å². The summed E-state index contributed by atoms with van der Waals surface area (Å²) in [7, 11) is 0. The summed E-state index contributed by atoms with van der Waals surface area (Å²) in [4.78, 5) is 4.10. The molecule has 68 valence electrons. The lowest BCUT2D eigenvalue weighted by Gasteiger charge is -1.99. The van der Waals surface area contributed by atoms with Gasteiger partial charge in [-0.15, -0.1) is 0 Å². The van der Waals surface area contributed by atoms with Gasteiger partial charge in [-0.25, -0.2) is 4.98 Å². The van der Waals surface area contributed by atoms with Crippen LogP contribution in [-0.2, 0) is 0 Å². The van der Waals surface area contributed by atoms with Crippen LogP contribution in [0.1, 0.15) is 25.5 Å². The zero-order valence-corrected chi connectivity index (χ0v) is 8.26. The van der Waals surface area contributed by atoms with Crippen molar-refractivity contribution in [3.63, 3.8) is 0 Å². The van der Waals surface area contributed by atoms with Crippen LogP contribution in [0.25, 0.3) is 11.0 Å². The Hall–Kier alpha value is -1.09. The number of aromatic nitrogens is 3. The maximum atomic E-state index is 5.74. The SMILES string of the molecule is CC(C)c1[nH]nc2nc(Cl)ccc12. The maximum absolute atomic E-state index is 5.74. The van der Waals surface area contributed by atoms with Gasteiger partial charge < -0.3 is 0 Å². The molecule has 0 aliphatic rings. The van der Waals surface area contributed by atoms with Crippen LogP contribution < -0.4 is 0 Å². The number of rotatable bonds is 1. The Kier molecular flexibility index (Phi) is 1.96. The van der Waals surface area contributed by atoms with Gasteiger partial charge in [-0.1, -0.05) is 25.4 Å². The summed E-state index contributed by atoms with van der Waals surface area (Å²) in [5.41, 5.74) is 1.80. The quantitative estimate of drug-likeness (QED) is 0.711. The summed E-state index contributed by atoms with van der Waals surface area (Å²) in [6.07, 6.45) is 0. The normalized spacial score (nSPS) is 11.4. The molecule has 2 aromatic heterocycles. The van der Waals surface area contributed by atoms with Gasteiger partial charge in [0.2, 0.25) is 0 Å². The minimum atomic E-state index is 0.424. The van der Waals surface area contributed by atoms with Gasteiger partial charge in [0.25, 0.3) is 0 Å². The Morgan fingerprint density at radius 3 is 2.85 bits per heavy atom. The maximum Gasteiger partial charge on any atom is 0.182 e. The van der Waals surface area contributed by atoms with Crippen LogP contribution in [0.15, 0.2) is 12.1 Å². The largest absolute Gasteiger partial charge is 0.279 e. The monoisotopic (exact) mass is 195 g/mol. The molecule has 0 unspecified atom stereocenters. The Labute approximate surface area is 81.1 Å². The van der Waals surface area contributed by atoms with Crippen molar-refractivity contribution in [2.24, 2.45) is 0 Å². The third kappa shape index (κ3) is 1.40. The van der Waals surface area contributed by atoms with Crippen LogP contribution in [0, 0.1) is 0 Å². The van der Waals surface area contributed by atoms with Crippen LogP contribution in [0.3, 0.4) is 0 Å². The van der Waals surface area contributed by atoms with Crippen molar-refractivity contribution in [3.8, 4) is 0 Å². The van der Waals surface area contributed by atoms with Gasteiger partial charge in [0, 0.05) is 11.1 Å². The van der Waals surface area contributed by atoms with E-state index in [0.717, 1.165) is 11.1 Å². The number of pyridine rings is 1. The predicted molar refractivity (Wildman–Crippen MR) is 53.0 cm³/mol. The van der Waals surface area contributed by atoms with Crippen LogP contribution in [-0.4, -0.2) is 15.2 Å². The highest BCUT2D eigenvalue weighted by atomic mass is 35.5. The zero-order valence-electron chi connectivity index (χ0n) is 7.50. The molecule has 1 N–H and O–H groups in total. The van der Waals surface area contributed by atoms with Crippen molar-refractivity contribution in [1.82, 2.24) is 15.2 Å². The minimum Gasteiger partial charge on any atom is -0.279 e. The van der Waals surface area contributed by atoms with E-state index in [9.17, 15) is 0 Å². The summed E-state index contributed by atoms with van der Waals surface area (Å²) in [6.45, 7) is 4.23. The van der Waals surface area contributed by atoms with Gasteiger partial charge in [0.15, 0.2) is 5.65 Å². The number of fused-ring (bicyclic) bond motifs is 1. The number of hydrogen-bond acceptors (Lipinski definition) is 2. The molecule has 2 heterocycles. The molecule has 0 radical (unpaired) electrons. The van der Waals surface area contributed by atoms with E-state index in [-0.39, 0.29) is 0 Å². The fourth-order valence-electron chi connectivity index (χ4n) is 1.33. The molecule has 4 heteroatoms. The van der Waals surface area contributed by atoms with E-state index in [1.54, 1.807) is 6.07 Å². The van der Waals surface area contributed by atoms with Gasteiger partial charge in [0.05, 0.1) is 0 Å². The molecular weight excluding hydrogens is 186 g/mol. The third-order valence-electron chi connectivity index (χ3n) is 1.99. The second kappa shape index (κ2) is 3.00. The lowest BCUT2D eigenvalue weighted by atomic mass is 10.1. The Bertz CT molecular complexity index is 433. The lowest BCUT2D eigenvalue weighted by molar-refractivity contribution is 0.817. The van der Waals surface area contributed by atoms with Crippen LogP contribution >= 0.6 is 11.6 Å². The summed E-state index contributed by atoms with van der Waals surface area (Å²) < 4.78 is 0. The van der Waals surface area contributed by atoms with Crippen molar-refractivity contribution in [3.05, 3.63) is 23.0 Å². The van der Waals surface area contributed by atoms with Gasteiger partial charge in [0.1, 0.15) is 5.15 Å². The highest BCUT2D eigenvalue weighted by molar-refractivity contribution is 6.29. The van der Waals surface area contributed by atoms with E-state index in [1.165, 1.54) is 0 Å². The second-order valence-corrected chi connectivity index (χ2v) is 3.68. The smallest absolute Gasteiger partial charge is 0.182 e. The molecule has 2 aromatic rings. The summed E-state index contributed by atoms with van der Waals surface area (Å²) in [5.74, 6) is 0.424. The third-order valence-corrected chi connectivity index (χ3v) is 2.20. The van der Waals surface area contributed by atoms with Crippen LogP contribution in [0.2, 0.25) is 5.15 Å². The van der Waals surface area contributed by atoms with E-state index in [2.05, 4.69) is 29.0 Å².